The Labute approximate surface area is 299 Å². The van der Waals surface area contributed by atoms with Gasteiger partial charge in [-0.3, -0.25) is 9.78 Å². The standard InChI is InChI=1S/C41H38F3N3O3S/c42-41(43,44)35-12-6-8-29(22-35)25-46-39(48)33-15-16-45-38(23-33)37-24-36(47-17-2-1-3-18-47)14-13-32(37)20-28-7-4-9-30(19-28)26-51-27-31-10-5-11-34(21-31)40(49)50/h4-16,19,21-24H,1-3,17-18,20,25-27H2,(H,46,48)(H,49,50). The van der Waals surface area contributed by atoms with Crippen molar-refractivity contribution in [2.45, 2.75) is 49.9 Å². The molecule has 1 aliphatic rings. The number of anilines is 1. The molecule has 6 nitrogen and oxygen atoms in total. The van der Waals surface area contributed by atoms with E-state index in [1.54, 1.807) is 54.4 Å². The van der Waals surface area contributed by atoms with Gasteiger partial charge in [0.2, 0.25) is 0 Å². The molecule has 2 heterocycles. The number of halogens is 3. The van der Waals surface area contributed by atoms with Crippen LogP contribution in [0.5, 0.6) is 0 Å². The van der Waals surface area contributed by atoms with Gasteiger partial charge in [0.15, 0.2) is 0 Å². The Morgan fingerprint density at radius 2 is 1.47 bits per heavy atom. The fourth-order valence-corrected chi connectivity index (χ4v) is 7.23. The second kappa shape index (κ2) is 16.3. The summed E-state index contributed by atoms with van der Waals surface area (Å²) in [6.45, 7) is 1.91. The summed E-state index contributed by atoms with van der Waals surface area (Å²) in [5.41, 5.74) is 7.24. The fraction of sp³-hybridized carbons (Fsp3) is 0.244. The van der Waals surface area contributed by atoms with Crippen LogP contribution in [0.1, 0.15) is 73.4 Å². The summed E-state index contributed by atoms with van der Waals surface area (Å²) in [4.78, 5) is 31.6. The van der Waals surface area contributed by atoms with Gasteiger partial charge in [-0.2, -0.15) is 24.9 Å². The first-order valence-electron chi connectivity index (χ1n) is 16.9. The fourth-order valence-electron chi connectivity index (χ4n) is 6.30. The van der Waals surface area contributed by atoms with E-state index in [-0.39, 0.29) is 12.1 Å². The molecule has 51 heavy (non-hydrogen) atoms. The number of pyridine rings is 1. The second-order valence-electron chi connectivity index (χ2n) is 12.7. The number of aromatic carboxylic acids is 1. The largest absolute Gasteiger partial charge is 0.478 e. The number of benzene rings is 4. The lowest BCUT2D eigenvalue weighted by molar-refractivity contribution is -0.137. The number of carbonyl (C=O) groups excluding carboxylic acids is 1. The summed E-state index contributed by atoms with van der Waals surface area (Å²) in [7, 11) is 0. The molecule has 0 aliphatic carbocycles. The molecular weight excluding hydrogens is 672 g/mol. The van der Waals surface area contributed by atoms with Gasteiger partial charge in [0.25, 0.3) is 5.91 Å². The van der Waals surface area contributed by atoms with E-state index in [1.165, 1.54) is 12.5 Å². The van der Waals surface area contributed by atoms with Crippen LogP contribution >= 0.6 is 11.8 Å². The van der Waals surface area contributed by atoms with Crippen LogP contribution in [0.15, 0.2) is 109 Å². The van der Waals surface area contributed by atoms with Gasteiger partial charge in [0.05, 0.1) is 16.8 Å². The molecule has 4 aromatic carbocycles. The Hall–Kier alpha value is -5.09. The van der Waals surface area contributed by atoms with Crippen molar-refractivity contribution >= 4 is 29.3 Å². The number of aromatic nitrogens is 1. The van der Waals surface area contributed by atoms with E-state index in [1.807, 2.05) is 12.1 Å². The van der Waals surface area contributed by atoms with Crippen LogP contribution in [0.25, 0.3) is 11.3 Å². The predicted molar refractivity (Wildman–Crippen MR) is 196 cm³/mol. The van der Waals surface area contributed by atoms with Gasteiger partial charge in [-0.15, -0.1) is 0 Å². The molecular formula is C41H38F3N3O3S. The Morgan fingerprint density at radius 1 is 0.765 bits per heavy atom. The Balaban J connectivity index is 1.20. The van der Waals surface area contributed by atoms with E-state index in [2.05, 4.69) is 51.6 Å². The van der Waals surface area contributed by atoms with Crippen molar-refractivity contribution < 1.29 is 27.9 Å². The first-order chi connectivity index (χ1) is 24.6. The van der Waals surface area contributed by atoms with E-state index < -0.39 is 23.6 Å². The monoisotopic (exact) mass is 709 g/mol. The molecule has 0 atom stereocenters. The highest BCUT2D eigenvalue weighted by molar-refractivity contribution is 7.97. The first-order valence-corrected chi connectivity index (χ1v) is 18.0. The Kier molecular flexibility index (Phi) is 11.4. The van der Waals surface area contributed by atoms with Gasteiger partial charge in [0, 0.05) is 54.2 Å². The number of piperidine rings is 1. The van der Waals surface area contributed by atoms with Gasteiger partial charge in [-0.1, -0.05) is 54.6 Å². The van der Waals surface area contributed by atoms with Crippen LogP contribution in [0.4, 0.5) is 18.9 Å². The lowest BCUT2D eigenvalue weighted by atomic mass is 9.95. The van der Waals surface area contributed by atoms with Gasteiger partial charge in [-0.25, -0.2) is 4.79 Å². The van der Waals surface area contributed by atoms with E-state index in [9.17, 15) is 27.9 Å². The third-order valence-electron chi connectivity index (χ3n) is 8.92. The number of nitrogens with zero attached hydrogens (tertiary/aromatic N) is 2. The molecule has 5 aromatic rings. The average Bonchev–Trinajstić information content (AvgIpc) is 3.14. The number of carbonyl (C=O) groups is 2. The topological polar surface area (TPSA) is 82.5 Å². The van der Waals surface area contributed by atoms with Gasteiger partial charge in [0.1, 0.15) is 0 Å². The number of thioether (sulfide) groups is 1. The number of alkyl halides is 3. The zero-order valence-electron chi connectivity index (χ0n) is 28.0. The molecule has 1 amide bonds. The number of rotatable bonds is 12. The van der Waals surface area contributed by atoms with E-state index in [0.29, 0.717) is 29.0 Å². The molecule has 0 saturated carbocycles. The second-order valence-corrected chi connectivity index (χ2v) is 13.7. The van der Waals surface area contributed by atoms with Gasteiger partial charge >= 0.3 is 12.1 Å². The maximum Gasteiger partial charge on any atom is 0.416 e. The normalized spacial score (nSPS) is 13.2. The van der Waals surface area contributed by atoms with Crippen LogP contribution in [-0.2, 0) is 30.6 Å². The van der Waals surface area contributed by atoms with Gasteiger partial charge in [-0.05, 0) is 102 Å². The van der Waals surface area contributed by atoms with Crippen LogP contribution < -0.4 is 10.2 Å². The molecule has 2 N–H and O–H groups in total. The molecule has 10 heteroatoms. The van der Waals surface area contributed by atoms with Gasteiger partial charge < -0.3 is 15.3 Å². The van der Waals surface area contributed by atoms with Crippen LogP contribution in [0.2, 0.25) is 0 Å². The highest BCUT2D eigenvalue weighted by atomic mass is 32.2. The predicted octanol–water partition coefficient (Wildman–Crippen LogP) is 9.41. The van der Waals surface area contributed by atoms with Crippen LogP contribution in [-0.4, -0.2) is 35.1 Å². The quantitative estimate of drug-likeness (QED) is 0.134. The minimum atomic E-state index is -4.46. The summed E-state index contributed by atoms with van der Waals surface area (Å²) in [5, 5.41) is 12.1. The van der Waals surface area contributed by atoms with Crippen LogP contribution in [0, 0.1) is 0 Å². The maximum absolute atomic E-state index is 13.2. The van der Waals surface area contributed by atoms with E-state index in [4.69, 9.17) is 0 Å². The SMILES string of the molecule is O=C(O)c1cccc(CSCc2cccc(Cc3ccc(N4CCCCC4)cc3-c3cc(C(=O)NCc4cccc(C(F)(F)F)c4)ccn3)c2)c1. The summed E-state index contributed by atoms with van der Waals surface area (Å²) in [5.74, 6) is 0.135. The number of amides is 1. The molecule has 0 radical (unpaired) electrons. The third kappa shape index (κ3) is 9.58. The Morgan fingerprint density at radius 3 is 2.24 bits per heavy atom. The molecule has 0 unspecified atom stereocenters. The number of nitrogens with one attached hydrogen (secondary N) is 1. The van der Waals surface area contributed by atoms with Crippen molar-refractivity contribution in [3.8, 4) is 11.3 Å². The number of carboxylic acid groups (broad SMARTS) is 1. The highest BCUT2D eigenvalue weighted by Gasteiger charge is 2.30. The van der Waals surface area contributed by atoms with Crippen LogP contribution in [0.3, 0.4) is 0 Å². The minimum Gasteiger partial charge on any atom is -0.478 e. The molecule has 1 aromatic heterocycles. The zero-order valence-corrected chi connectivity index (χ0v) is 28.8. The molecule has 262 valence electrons. The average molecular weight is 710 g/mol. The van der Waals surface area contributed by atoms with Crippen molar-refractivity contribution in [1.29, 1.82) is 0 Å². The lowest BCUT2D eigenvalue weighted by Gasteiger charge is -2.29. The van der Waals surface area contributed by atoms with Crippen molar-refractivity contribution in [2.75, 3.05) is 18.0 Å². The summed E-state index contributed by atoms with van der Waals surface area (Å²) < 4.78 is 39.6. The molecule has 1 saturated heterocycles. The first kappa shape index (κ1) is 35.7. The maximum atomic E-state index is 13.2. The molecule has 6 rings (SSSR count). The number of hydrogen-bond acceptors (Lipinski definition) is 5. The third-order valence-corrected chi connectivity index (χ3v) is 9.99. The number of carboxylic acids is 1. The van der Waals surface area contributed by atoms with Crippen molar-refractivity contribution in [3.05, 3.63) is 154 Å². The summed E-state index contributed by atoms with van der Waals surface area (Å²) in [6, 6.07) is 30.2. The van der Waals surface area contributed by atoms with Crippen molar-refractivity contribution in [2.24, 2.45) is 0 Å². The summed E-state index contributed by atoms with van der Waals surface area (Å²) >= 11 is 1.72. The minimum absolute atomic E-state index is 0.0422. The zero-order chi connectivity index (χ0) is 35.8. The smallest absolute Gasteiger partial charge is 0.416 e. The highest BCUT2D eigenvalue weighted by Crippen LogP contribution is 2.32. The molecule has 0 spiro atoms. The Bertz CT molecular complexity index is 2010. The van der Waals surface area contributed by atoms with E-state index in [0.717, 1.165) is 77.3 Å². The van der Waals surface area contributed by atoms with E-state index >= 15 is 0 Å². The lowest BCUT2D eigenvalue weighted by Crippen LogP contribution is -2.29. The molecule has 0 bridgehead atoms. The number of hydrogen-bond donors (Lipinski definition) is 2. The molecule has 1 aliphatic heterocycles. The molecule has 1 fully saturated rings. The van der Waals surface area contributed by atoms with Crippen molar-refractivity contribution in [3.63, 3.8) is 0 Å². The van der Waals surface area contributed by atoms with Crippen molar-refractivity contribution in [1.82, 2.24) is 10.3 Å². The summed E-state index contributed by atoms with van der Waals surface area (Å²) in [6.07, 6.45) is 1.25.